The molecule has 0 saturated carbocycles. The predicted octanol–water partition coefficient (Wildman–Crippen LogP) is 1.46. The molecule has 1 aromatic rings. The van der Waals surface area contributed by atoms with Crippen molar-refractivity contribution in [2.24, 2.45) is 0 Å². The highest BCUT2D eigenvalue weighted by Gasteiger charge is 2.08. The average molecular weight is 280 g/mol. The van der Waals surface area contributed by atoms with Gasteiger partial charge in [0, 0.05) is 12.2 Å². The van der Waals surface area contributed by atoms with E-state index >= 15 is 0 Å². The van der Waals surface area contributed by atoms with Crippen LogP contribution in [-0.2, 0) is 9.53 Å². The van der Waals surface area contributed by atoms with Crippen molar-refractivity contribution in [1.82, 2.24) is 5.32 Å². The lowest BCUT2D eigenvalue weighted by Crippen LogP contribution is -2.30. The average Bonchev–Trinajstić information content (AvgIpc) is 2.38. The smallest absolute Gasteiger partial charge is 0.338 e. The Kier molecular flexibility index (Phi) is 6.02. The van der Waals surface area contributed by atoms with Crippen LogP contribution in [0, 0.1) is 0 Å². The summed E-state index contributed by atoms with van der Waals surface area (Å²) in [6, 6.07) is 5.74. The molecular formula is C13H16N2O5. The number of carbonyl (C=O) groups excluding carboxylic acids is 2. The van der Waals surface area contributed by atoms with Gasteiger partial charge in [-0.05, 0) is 25.1 Å². The Morgan fingerprint density at radius 3 is 2.70 bits per heavy atom. The van der Waals surface area contributed by atoms with Gasteiger partial charge in [0.15, 0.2) is 0 Å². The number of carboxylic acids is 1. The summed E-state index contributed by atoms with van der Waals surface area (Å²) in [5.74, 6) is -1.46. The number of hydrogen-bond acceptors (Lipinski definition) is 4. The third-order valence-corrected chi connectivity index (χ3v) is 2.26. The summed E-state index contributed by atoms with van der Waals surface area (Å²) >= 11 is 0. The number of esters is 1. The molecule has 7 heteroatoms. The van der Waals surface area contributed by atoms with Crippen molar-refractivity contribution in [3.63, 3.8) is 0 Å². The zero-order valence-corrected chi connectivity index (χ0v) is 11.0. The molecule has 0 aliphatic rings. The van der Waals surface area contributed by atoms with Gasteiger partial charge >= 0.3 is 18.0 Å². The third kappa shape index (κ3) is 5.38. The molecule has 0 atom stereocenters. The molecule has 3 N–H and O–H groups in total. The number of ether oxygens (including phenoxy) is 1. The van der Waals surface area contributed by atoms with E-state index in [4.69, 9.17) is 9.84 Å². The lowest BCUT2D eigenvalue weighted by molar-refractivity contribution is -0.136. The summed E-state index contributed by atoms with van der Waals surface area (Å²) in [6.07, 6.45) is -0.156. The van der Waals surface area contributed by atoms with E-state index in [-0.39, 0.29) is 19.6 Å². The van der Waals surface area contributed by atoms with Crippen LogP contribution in [0.25, 0.3) is 0 Å². The number of aliphatic carboxylic acids is 1. The molecule has 108 valence electrons. The zero-order valence-electron chi connectivity index (χ0n) is 11.0. The summed E-state index contributed by atoms with van der Waals surface area (Å²) in [5.41, 5.74) is 0.749. The van der Waals surface area contributed by atoms with E-state index in [1.807, 2.05) is 0 Å². The van der Waals surface area contributed by atoms with Crippen molar-refractivity contribution < 1.29 is 24.2 Å². The minimum Gasteiger partial charge on any atom is -0.481 e. The molecule has 1 rings (SSSR count). The molecule has 0 bridgehead atoms. The van der Waals surface area contributed by atoms with Crippen molar-refractivity contribution in [3.8, 4) is 0 Å². The van der Waals surface area contributed by atoms with Gasteiger partial charge in [-0.3, -0.25) is 4.79 Å². The normalized spacial score (nSPS) is 9.65. The lowest BCUT2D eigenvalue weighted by Gasteiger charge is -2.08. The SMILES string of the molecule is CCOC(=O)c1cccc(NC(=O)NCCC(=O)O)c1. The van der Waals surface area contributed by atoms with Crippen molar-refractivity contribution in [2.45, 2.75) is 13.3 Å². The molecule has 7 nitrogen and oxygen atoms in total. The number of urea groups is 1. The number of carboxylic acid groups (broad SMARTS) is 1. The van der Waals surface area contributed by atoms with Gasteiger partial charge in [-0.1, -0.05) is 6.07 Å². The highest BCUT2D eigenvalue weighted by molar-refractivity contribution is 5.94. The first-order chi connectivity index (χ1) is 9.52. The molecule has 20 heavy (non-hydrogen) atoms. The molecule has 2 amide bonds. The van der Waals surface area contributed by atoms with E-state index in [1.165, 1.54) is 6.07 Å². The van der Waals surface area contributed by atoms with Crippen LogP contribution < -0.4 is 10.6 Å². The van der Waals surface area contributed by atoms with E-state index in [0.717, 1.165) is 0 Å². The largest absolute Gasteiger partial charge is 0.481 e. The Bertz CT molecular complexity index is 501. The molecule has 0 aliphatic heterocycles. The van der Waals surface area contributed by atoms with Gasteiger partial charge < -0.3 is 20.5 Å². The second-order valence-electron chi connectivity index (χ2n) is 3.83. The van der Waals surface area contributed by atoms with Crippen LogP contribution in [-0.4, -0.2) is 36.2 Å². The second kappa shape index (κ2) is 7.78. The van der Waals surface area contributed by atoms with Crippen molar-refractivity contribution in [3.05, 3.63) is 29.8 Å². The van der Waals surface area contributed by atoms with Crippen LogP contribution in [0.5, 0.6) is 0 Å². The van der Waals surface area contributed by atoms with Crippen LogP contribution >= 0.6 is 0 Å². The fourth-order valence-electron chi connectivity index (χ4n) is 1.40. The molecule has 0 unspecified atom stereocenters. The first-order valence-corrected chi connectivity index (χ1v) is 6.06. The van der Waals surface area contributed by atoms with Crippen LogP contribution in [0.15, 0.2) is 24.3 Å². The number of rotatable bonds is 6. The number of benzene rings is 1. The number of nitrogens with one attached hydrogen (secondary N) is 2. The number of carbonyl (C=O) groups is 3. The van der Waals surface area contributed by atoms with E-state index < -0.39 is 18.0 Å². The molecule has 0 aromatic heterocycles. The molecule has 0 saturated heterocycles. The summed E-state index contributed by atoms with van der Waals surface area (Å²) in [7, 11) is 0. The van der Waals surface area contributed by atoms with Gasteiger partial charge in [-0.2, -0.15) is 0 Å². The van der Waals surface area contributed by atoms with Crippen molar-refractivity contribution >= 4 is 23.7 Å². The molecular weight excluding hydrogens is 264 g/mol. The minimum absolute atomic E-state index is 0.0265. The maximum atomic E-state index is 11.5. The summed E-state index contributed by atoms with van der Waals surface area (Å²) in [5, 5.41) is 13.3. The van der Waals surface area contributed by atoms with Crippen LogP contribution in [0.2, 0.25) is 0 Å². The Morgan fingerprint density at radius 2 is 2.05 bits per heavy atom. The summed E-state index contributed by atoms with van der Waals surface area (Å²) < 4.78 is 4.85. The molecule has 0 aliphatic carbocycles. The van der Waals surface area contributed by atoms with E-state index in [9.17, 15) is 14.4 Å². The quantitative estimate of drug-likeness (QED) is 0.684. The Balaban J connectivity index is 2.55. The third-order valence-electron chi connectivity index (χ3n) is 2.26. The summed E-state index contributed by atoms with van der Waals surface area (Å²) in [4.78, 5) is 33.3. The van der Waals surface area contributed by atoms with Crippen molar-refractivity contribution in [1.29, 1.82) is 0 Å². The van der Waals surface area contributed by atoms with E-state index in [2.05, 4.69) is 10.6 Å². The molecule has 0 radical (unpaired) electrons. The van der Waals surface area contributed by atoms with E-state index in [1.54, 1.807) is 25.1 Å². The molecule has 0 spiro atoms. The fraction of sp³-hybridized carbons (Fsp3) is 0.308. The van der Waals surface area contributed by atoms with Gasteiger partial charge in [0.2, 0.25) is 0 Å². The topological polar surface area (TPSA) is 105 Å². The molecule has 0 fully saturated rings. The highest BCUT2D eigenvalue weighted by Crippen LogP contribution is 2.11. The molecule has 1 aromatic carbocycles. The van der Waals surface area contributed by atoms with Gasteiger partial charge in [0.25, 0.3) is 0 Å². The number of hydrogen-bond donors (Lipinski definition) is 3. The van der Waals surface area contributed by atoms with Crippen LogP contribution in [0.3, 0.4) is 0 Å². The number of amides is 2. The van der Waals surface area contributed by atoms with Gasteiger partial charge in [-0.15, -0.1) is 0 Å². The number of anilines is 1. The van der Waals surface area contributed by atoms with E-state index in [0.29, 0.717) is 11.3 Å². The maximum Gasteiger partial charge on any atom is 0.338 e. The molecule has 0 heterocycles. The Morgan fingerprint density at radius 1 is 1.30 bits per heavy atom. The predicted molar refractivity (Wildman–Crippen MR) is 71.7 cm³/mol. The summed E-state index contributed by atoms with van der Waals surface area (Å²) in [6.45, 7) is 2.00. The fourth-order valence-corrected chi connectivity index (χ4v) is 1.40. The monoisotopic (exact) mass is 280 g/mol. The lowest BCUT2D eigenvalue weighted by atomic mass is 10.2. The first-order valence-electron chi connectivity index (χ1n) is 6.06. The highest BCUT2D eigenvalue weighted by atomic mass is 16.5. The maximum absolute atomic E-state index is 11.5. The van der Waals surface area contributed by atoms with Gasteiger partial charge in [0.1, 0.15) is 0 Å². The minimum atomic E-state index is -0.991. The Hall–Kier alpha value is -2.57. The van der Waals surface area contributed by atoms with Crippen LogP contribution in [0.4, 0.5) is 10.5 Å². The zero-order chi connectivity index (χ0) is 15.0. The van der Waals surface area contributed by atoms with Gasteiger partial charge in [-0.25, -0.2) is 9.59 Å². The van der Waals surface area contributed by atoms with Gasteiger partial charge in [0.05, 0.1) is 18.6 Å². The van der Waals surface area contributed by atoms with Crippen molar-refractivity contribution in [2.75, 3.05) is 18.5 Å². The van der Waals surface area contributed by atoms with Crippen LogP contribution in [0.1, 0.15) is 23.7 Å². The Labute approximate surface area is 115 Å². The standard InChI is InChI=1S/C13H16N2O5/c1-2-20-12(18)9-4-3-5-10(8-9)15-13(19)14-7-6-11(16)17/h3-5,8H,2,6-7H2,1H3,(H,16,17)(H2,14,15,19). The second-order valence-corrected chi connectivity index (χ2v) is 3.83. The first kappa shape index (κ1) is 15.5.